The van der Waals surface area contributed by atoms with Gasteiger partial charge < -0.3 is 20.8 Å². The number of ether oxygens (including phenoxy) is 1. The minimum absolute atomic E-state index is 0.221. The van der Waals surface area contributed by atoms with E-state index >= 15 is 0 Å². The lowest BCUT2D eigenvalue weighted by Gasteiger charge is -2.06. The van der Waals surface area contributed by atoms with Crippen LogP contribution < -0.4 is 11.1 Å². The number of aromatic amines is 1. The number of nitrogens with two attached hydrogens (primary N) is 1. The van der Waals surface area contributed by atoms with Gasteiger partial charge in [-0.3, -0.25) is 14.4 Å². The second-order valence-corrected chi connectivity index (χ2v) is 6.87. The summed E-state index contributed by atoms with van der Waals surface area (Å²) in [5.74, 6) is -1.57. The molecule has 140 valence electrons. The average Bonchev–Trinajstić information content (AvgIpc) is 3.27. The van der Waals surface area contributed by atoms with Gasteiger partial charge in [0.15, 0.2) is 6.61 Å². The summed E-state index contributed by atoms with van der Waals surface area (Å²) in [5, 5.41) is 5.66. The first-order valence-corrected chi connectivity index (χ1v) is 9.30. The Kier molecular flexibility index (Phi) is 5.87. The number of anilines is 1. The van der Waals surface area contributed by atoms with Crippen LogP contribution in [0.3, 0.4) is 0 Å². The molecule has 0 aliphatic rings. The molecule has 0 radical (unpaired) electrons. The summed E-state index contributed by atoms with van der Waals surface area (Å²) in [4.78, 5) is 38.1. The van der Waals surface area contributed by atoms with Gasteiger partial charge in [0.1, 0.15) is 5.00 Å². The molecule has 2 amide bonds. The van der Waals surface area contributed by atoms with Crippen LogP contribution in [0.25, 0.3) is 10.9 Å². The van der Waals surface area contributed by atoms with Gasteiger partial charge in [0.2, 0.25) is 0 Å². The molecular formula is C19H19N3O4S. The number of fused-ring (bicyclic) bond motifs is 1. The maximum absolute atomic E-state index is 11.9. The fraction of sp³-hybridized carbons (Fsp3) is 0.211. The van der Waals surface area contributed by atoms with Gasteiger partial charge in [-0.2, -0.15) is 0 Å². The summed E-state index contributed by atoms with van der Waals surface area (Å²) in [5.41, 5.74) is 7.66. The van der Waals surface area contributed by atoms with Crippen LogP contribution in [0.1, 0.15) is 28.8 Å². The molecule has 2 heterocycles. The first-order chi connectivity index (χ1) is 13.0. The van der Waals surface area contributed by atoms with Crippen LogP contribution in [0.4, 0.5) is 5.00 Å². The third-order valence-electron chi connectivity index (χ3n) is 4.05. The van der Waals surface area contributed by atoms with E-state index in [1.807, 2.05) is 30.5 Å². The number of aromatic nitrogens is 1. The van der Waals surface area contributed by atoms with Crippen molar-refractivity contribution < 1.29 is 19.1 Å². The lowest BCUT2D eigenvalue weighted by atomic mass is 10.1. The number of H-pyrrole nitrogens is 1. The van der Waals surface area contributed by atoms with Crippen LogP contribution in [0, 0.1) is 0 Å². The van der Waals surface area contributed by atoms with E-state index in [4.69, 9.17) is 10.5 Å². The zero-order valence-corrected chi connectivity index (χ0v) is 15.3. The van der Waals surface area contributed by atoms with Crippen molar-refractivity contribution in [3.05, 3.63) is 53.0 Å². The van der Waals surface area contributed by atoms with Gasteiger partial charge in [-0.05, 0) is 35.9 Å². The molecule has 0 aliphatic carbocycles. The molecule has 0 unspecified atom stereocenters. The van der Waals surface area contributed by atoms with Crippen molar-refractivity contribution >= 4 is 45.0 Å². The Morgan fingerprint density at radius 3 is 2.81 bits per heavy atom. The highest BCUT2D eigenvalue weighted by Gasteiger charge is 2.14. The van der Waals surface area contributed by atoms with Gasteiger partial charge in [-0.15, -0.1) is 11.3 Å². The summed E-state index contributed by atoms with van der Waals surface area (Å²) < 4.78 is 4.99. The molecule has 27 heavy (non-hydrogen) atoms. The molecule has 0 spiro atoms. The molecule has 3 aromatic rings. The number of esters is 1. The lowest BCUT2D eigenvalue weighted by Crippen LogP contribution is -2.22. The standard InChI is InChI=1S/C19H19N3O4S/c20-18(25)14-8-9-27-19(14)22-16(23)11-26-17(24)7-3-4-12-10-21-15-6-2-1-5-13(12)15/h1-2,5-6,8-10,21H,3-4,7,11H2,(H2,20,25)(H,22,23). The van der Waals surface area contributed by atoms with Gasteiger partial charge in [0.05, 0.1) is 5.56 Å². The minimum atomic E-state index is -0.624. The molecule has 7 nitrogen and oxygen atoms in total. The summed E-state index contributed by atoms with van der Waals surface area (Å²) >= 11 is 1.18. The second kappa shape index (κ2) is 8.50. The van der Waals surface area contributed by atoms with Crippen molar-refractivity contribution in [1.29, 1.82) is 0 Å². The van der Waals surface area contributed by atoms with Crippen LogP contribution >= 0.6 is 11.3 Å². The quantitative estimate of drug-likeness (QED) is 0.517. The van der Waals surface area contributed by atoms with E-state index in [1.54, 1.807) is 5.38 Å². The van der Waals surface area contributed by atoms with Gasteiger partial charge in [-0.25, -0.2) is 0 Å². The summed E-state index contributed by atoms with van der Waals surface area (Å²) in [7, 11) is 0. The van der Waals surface area contributed by atoms with E-state index in [2.05, 4.69) is 10.3 Å². The monoisotopic (exact) mass is 385 g/mol. The van der Waals surface area contributed by atoms with Gasteiger partial charge in [0, 0.05) is 23.5 Å². The van der Waals surface area contributed by atoms with E-state index in [0.29, 0.717) is 11.4 Å². The number of thiophene rings is 1. The first kappa shape index (κ1) is 18.7. The second-order valence-electron chi connectivity index (χ2n) is 5.95. The molecule has 2 aromatic heterocycles. The van der Waals surface area contributed by atoms with Crippen LogP contribution in [-0.2, 0) is 20.7 Å². The number of aryl methyl sites for hydroxylation is 1. The average molecular weight is 385 g/mol. The number of carbonyl (C=O) groups excluding carboxylic acids is 3. The summed E-state index contributed by atoms with van der Waals surface area (Å²) in [6.07, 6.45) is 3.53. The number of hydrogen-bond acceptors (Lipinski definition) is 5. The lowest BCUT2D eigenvalue weighted by molar-refractivity contribution is -0.147. The highest BCUT2D eigenvalue weighted by molar-refractivity contribution is 7.14. The van der Waals surface area contributed by atoms with Crippen LogP contribution in [-0.4, -0.2) is 29.4 Å². The topological polar surface area (TPSA) is 114 Å². The summed E-state index contributed by atoms with van der Waals surface area (Å²) in [6.45, 7) is -0.401. The Morgan fingerprint density at radius 2 is 2.00 bits per heavy atom. The Labute approximate surface area is 159 Å². The fourth-order valence-electron chi connectivity index (χ4n) is 2.74. The van der Waals surface area contributed by atoms with E-state index in [1.165, 1.54) is 17.4 Å². The molecule has 0 atom stereocenters. The number of carbonyl (C=O) groups is 3. The van der Waals surface area contributed by atoms with Crippen molar-refractivity contribution in [3.8, 4) is 0 Å². The molecule has 0 saturated carbocycles. The minimum Gasteiger partial charge on any atom is -0.456 e. The smallest absolute Gasteiger partial charge is 0.306 e. The molecule has 4 N–H and O–H groups in total. The third-order valence-corrected chi connectivity index (χ3v) is 4.88. The predicted octanol–water partition coefficient (Wildman–Crippen LogP) is 2.83. The zero-order valence-electron chi connectivity index (χ0n) is 14.5. The van der Waals surface area contributed by atoms with Crippen molar-refractivity contribution in [1.82, 2.24) is 4.98 Å². The number of rotatable bonds is 8. The van der Waals surface area contributed by atoms with E-state index in [9.17, 15) is 14.4 Å². The number of para-hydroxylation sites is 1. The molecule has 8 heteroatoms. The van der Waals surface area contributed by atoms with Crippen molar-refractivity contribution in [3.63, 3.8) is 0 Å². The Balaban J connectivity index is 1.41. The molecule has 0 aliphatic heterocycles. The summed E-state index contributed by atoms with van der Waals surface area (Å²) in [6, 6.07) is 9.51. The Hall–Kier alpha value is -3.13. The normalized spacial score (nSPS) is 10.7. The molecule has 0 fully saturated rings. The Morgan fingerprint density at radius 1 is 1.19 bits per heavy atom. The van der Waals surface area contributed by atoms with Gasteiger partial charge in [-0.1, -0.05) is 18.2 Å². The molecular weight excluding hydrogens is 366 g/mol. The molecule has 1 aromatic carbocycles. The first-order valence-electron chi connectivity index (χ1n) is 8.42. The maximum Gasteiger partial charge on any atom is 0.306 e. The molecule has 0 bridgehead atoms. The van der Waals surface area contributed by atoms with Gasteiger partial charge >= 0.3 is 5.97 Å². The maximum atomic E-state index is 11.9. The van der Waals surface area contributed by atoms with E-state index < -0.39 is 24.4 Å². The van der Waals surface area contributed by atoms with E-state index in [0.717, 1.165) is 22.9 Å². The molecule has 3 rings (SSSR count). The SMILES string of the molecule is NC(=O)c1ccsc1NC(=O)COC(=O)CCCc1c[nH]c2ccccc12. The van der Waals surface area contributed by atoms with Crippen molar-refractivity contribution in [2.45, 2.75) is 19.3 Å². The third kappa shape index (κ3) is 4.73. The van der Waals surface area contributed by atoms with Crippen LogP contribution in [0.2, 0.25) is 0 Å². The number of primary amides is 1. The highest BCUT2D eigenvalue weighted by Crippen LogP contribution is 2.22. The Bertz CT molecular complexity index is 976. The van der Waals surface area contributed by atoms with Crippen LogP contribution in [0.5, 0.6) is 0 Å². The molecule has 0 saturated heterocycles. The predicted molar refractivity (Wildman–Crippen MR) is 104 cm³/mol. The number of benzene rings is 1. The van der Waals surface area contributed by atoms with Crippen molar-refractivity contribution in [2.24, 2.45) is 5.73 Å². The van der Waals surface area contributed by atoms with Crippen LogP contribution in [0.15, 0.2) is 41.9 Å². The van der Waals surface area contributed by atoms with E-state index in [-0.39, 0.29) is 12.0 Å². The fourth-order valence-corrected chi connectivity index (χ4v) is 3.55. The number of nitrogens with one attached hydrogen (secondary N) is 2. The number of hydrogen-bond donors (Lipinski definition) is 3. The largest absolute Gasteiger partial charge is 0.456 e. The van der Waals surface area contributed by atoms with Gasteiger partial charge in [0.25, 0.3) is 11.8 Å². The highest BCUT2D eigenvalue weighted by atomic mass is 32.1. The number of amides is 2. The zero-order chi connectivity index (χ0) is 19.2. The van der Waals surface area contributed by atoms with Crippen molar-refractivity contribution in [2.75, 3.05) is 11.9 Å².